The van der Waals surface area contributed by atoms with Gasteiger partial charge in [-0.05, 0) is 25.5 Å². The first-order chi connectivity index (χ1) is 9.74. The molecule has 1 aromatic heterocycles. The maximum Gasteiger partial charge on any atom is 0.173 e. The van der Waals surface area contributed by atoms with Crippen LogP contribution in [0.2, 0.25) is 10.0 Å². The van der Waals surface area contributed by atoms with Crippen molar-refractivity contribution in [3.8, 4) is 0 Å². The molecule has 0 spiro atoms. The maximum atomic E-state index is 6.22. The molecule has 2 fully saturated rings. The number of halogens is 2. The molecular formula is C14H18Cl2N2O2. The van der Waals surface area contributed by atoms with Crippen molar-refractivity contribution >= 4 is 23.2 Å². The van der Waals surface area contributed by atoms with Crippen LogP contribution in [0.25, 0.3) is 0 Å². The monoisotopic (exact) mass is 316 g/mol. The summed E-state index contributed by atoms with van der Waals surface area (Å²) in [4.78, 5) is 6.71. The average molecular weight is 317 g/mol. The van der Waals surface area contributed by atoms with E-state index in [1.807, 2.05) is 0 Å². The van der Waals surface area contributed by atoms with E-state index in [2.05, 4.69) is 9.88 Å². The Morgan fingerprint density at radius 2 is 2.05 bits per heavy atom. The molecule has 0 unspecified atom stereocenters. The van der Waals surface area contributed by atoms with Gasteiger partial charge in [0.25, 0.3) is 0 Å². The first kappa shape index (κ1) is 14.5. The molecule has 0 N–H and O–H groups in total. The van der Waals surface area contributed by atoms with Gasteiger partial charge < -0.3 is 9.47 Å². The molecule has 2 aliphatic heterocycles. The SMILES string of the molecule is Clc1cnc(CN2CCCC[C@@H]2C2OCCO2)c(Cl)c1. The summed E-state index contributed by atoms with van der Waals surface area (Å²) in [5.74, 6) is 0. The van der Waals surface area contributed by atoms with Gasteiger partial charge in [0.2, 0.25) is 0 Å². The summed E-state index contributed by atoms with van der Waals surface area (Å²) < 4.78 is 11.3. The molecule has 0 aromatic carbocycles. The fourth-order valence-electron chi connectivity index (χ4n) is 2.87. The second-order valence-electron chi connectivity index (χ2n) is 5.23. The van der Waals surface area contributed by atoms with E-state index < -0.39 is 0 Å². The van der Waals surface area contributed by atoms with Crippen LogP contribution in [0.5, 0.6) is 0 Å². The Labute approximate surface area is 129 Å². The van der Waals surface area contributed by atoms with Gasteiger partial charge in [-0.2, -0.15) is 0 Å². The minimum absolute atomic E-state index is 0.110. The molecule has 0 aliphatic carbocycles. The summed E-state index contributed by atoms with van der Waals surface area (Å²) in [6, 6.07) is 2.03. The number of aromatic nitrogens is 1. The van der Waals surface area contributed by atoms with E-state index in [0.717, 1.165) is 18.7 Å². The number of nitrogens with zero attached hydrogens (tertiary/aromatic N) is 2. The van der Waals surface area contributed by atoms with Crippen molar-refractivity contribution in [2.45, 2.75) is 38.1 Å². The molecule has 4 nitrogen and oxygen atoms in total. The molecule has 0 amide bonds. The Bertz CT molecular complexity index is 466. The first-order valence-corrected chi connectivity index (χ1v) is 7.77. The van der Waals surface area contributed by atoms with Gasteiger partial charge in [-0.15, -0.1) is 0 Å². The Morgan fingerprint density at radius 1 is 1.25 bits per heavy atom. The van der Waals surface area contributed by atoms with Crippen LogP contribution in [0.1, 0.15) is 25.0 Å². The lowest BCUT2D eigenvalue weighted by atomic mass is 10.0. The highest BCUT2D eigenvalue weighted by molar-refractivity contribution is 6.34. The predicted octanol–water partition coefficient (Wildman–Crippen LogP) is 3.12. The van der Waals surface area contributed by atoms with Crippen LogP contribution in [0, 0.1) is 0 Å². The topological polar surface area (TPSA) is 34.6 Å². The molecule has 1 atom stereocenters. The van der Waals surface area contributed by atoms with Crippen molar-refractivity contribution in [1.82, 2.24) is 9.88 Å². The van der Waals surface area contributed by atoms with Crippen LogP contribution in [0.4, 0.5) is 0 Å². The second-order valence-corrected chi connectivity index (χ2v) is 6.07. The van der Waals surface area contributed by atoms with Crippen molar-refractivity contribution in [1.29, 1.82) is 0 Å². The molecule has 3 rings (SSSR count). The van der Waals surface area contributed by atoms with Crippen LogP contribution < -0.4 is 0 Å². The minimum Gasteiger partial charge on any atom is -0.349 e. The highest BCUT2D eigenvalue weighted by Gasteiger charge is 2.34. The van der Waals surface area contributed by atoms with Crippen LogP contribution in [-0.4, -0.2) is 42.0 Å². The Hall–Kier alpha value is -0.390. The van der Waals surface area contributed by atoms with E-state index in [-0.39, 0.29) is 6.29 Å². The summed E-state index contributed by atoms with van der Waals surface area (Å²) in [7, 11) is 0. The van der Waals surface area contributed by atoms with Gasteiger partial charge in [-0.25, -0.2) is 0 Å². The van der Waals surface area contributed by atoms with E-state index >= 15 is 0 Å². The highest BCUT2D eigenvalue weighted by atomic mass is 35.5. The molecule has 1 aromatic rings. The molecule has 20 heavy (non-hydrogen) atoms. The van der Waals surface area contributed by atoms with Crippen LogP contribution in [-0.2, 0) is 16.0 Å². The number of likely N-dealkylation sites (tertiary alicyclic amines) is 1. The van der Waals surface area contributed by atoms with E-state index in [0.29, 0.717) is 35.8 Å². The Balaban J connectivity index is 1.72. The van der Waals surface area contributed by atoms with Crippen molar-refractivity contribution in [2.75, 3.05) is 19.8 Å². The van der Waals surface area contributed by atoms with Crippen LogP contribution in [0.15, 0.2) is 12.3 Å². The highest BCUT2D eigenvalue weighted by Crippen LogP contribution is 2.27. The lowest BCUT2D eigenvalue weighted by Gasteiger charge is -2.37. The van der Waals surface area contributed by atoms with Crippen molar-refractivity contribution in [3.05, 3.63) is 28.0 Å². The predicted molar refractivity (Wildman–Crippen MR) is 78.0 cm³/mol. The van der Waals surface area contributed by atoms with E-state index in [4.69, 9.17) is 32.7 Å². The first-order valence-electron chi connectivity index (χ1n) is 7.01. The zero-order valence-corrected chi connectivity index (χ0v) is 12.7. The molecule has 110 valence electrons. The van der Waals surface area contributed by atoms with Crippen molar-refractivity contribution in [3.63, 3.8) is 0 Å². The number of hydrogen-bond donors (Lipinski definition) is 0. The average Bonchev–Trinajstić information content (AvgIpc) is 2.96. The third kappa shape index (κ3) is 3.26. The molecule has 2 aliphatic rings. The number of hydrogen-bond acceptors (Lipinski definition) is 4. The summed E-state index contributed by atoms with van der Waals surface area (Å²) in [5, 5.41) is 1.19. The van der Waals surface area contributed by atoms with Crippen molar-refractivity contribution < 1.29 is 9.47 Å². The number of piperidine rings is 1. The molecule has 0 radical (unpaired) electrons. The fraction of sp³-hybridized carbons (Fsp3) is 0.643. The molecule has 6 heteroatoms. The lowest BCUT2D eigenvalue weighted by molar-refractivity contribution is -0.111. The molecule has 0 bridgehead atoms. The van der Waals surface area contributed by atoms with Gasteiger partial charge in [0.15, 0.2) is 6.29 Å². The Morgan fingerprint density at radius 3 is 2.80 bits per heavy atom. The van der Waals surface area contributed by atoms with Gasteiger partial charge in [0, 0.05) is 12.7 Å². The maximum absolute atomic E-state index is 6.22. The van der Waals surface area contributed by atoms with Gasteiger partial charge in [0.1, 0.15) is 0 Å². The molecule has 2 saturated heterocycles. The molecule has 0 saturated carbocycles. The number of rotatable bonds is 3. The third-order valence-corrected chi connectivity index (χ3v) is 4.40. The summed E-state index contributed by atoms with van der Waals surface area (Å²) in [6.07, 6.45) is 5.03. The van der Waals surface area contributed by atoms with E-state index in [1.165, 1.54) is 12.8 Å². The Kier molecular flexibility index (Phi) is 4.79. The van der Waals surface area contributed by atoms with Crippen molar-refractivity contribution in [2.24, 2.45) is 0 Å². The summed E-state index contributed by atoms with van der Waals surface area (Å²) in [5.41, 5.74) is 0.862. The third-order valence-electron chi connectivity index (χ3n) is 3.86. The zero-order chi connectivity index (χ0) is 13.9. The van der Waals surface area contributed by atoms with E-state index in [1.54, 1.807) is 12.3 Å². The van der Waals surface area contributed by atoms with Gasteiger partial charge in [-0.1, -0.05) is 29.6 Å². The van der Waals surface area contributed by atoms with Gasteiger partial charge in [-0.3, -0.25) is 9.88 Å². The van der Waals surface area contributed by atoms with Gasteiger partial charge in [0.05, 0.1) is 35.0 Å². The van der Waals surface area contributed by atoms with E-state index in [9.17, 15) is 0 Å². The van der Waals surface area contributed by atoms with Crippen LogP contribution in [0.3, 0.4) is 0 Å². The fourth-order valence-corrected chi connectivity index (χ4v) is 3.31. The minimum atomic E-state index is -0.110. The molecular weight excluding hydrogens is 299 g/mol. The largest absolute Gasteiger partial charge is 0.349 e. The normalized spacial score (nSPS) is 25.2. The second kappa shape index (κ2) is 6.58. The smallest absolute Gasteiger partial charge is 0.173 e. The van der Waals surface area contributed by atoms with Crippen LogP contribution >= 0.6 is 23.2 Å². The molecule has 3 heterocycles. The zero-order valence-electron chi connectivity index (χ0n) is 11.2. The van der Waals surface area contributed by atoms with Gasteiger partial charge >= 0.3 is 0 Å². The quantitative estimate of drug-likeness (QED) is 0.858. The number of ether oxygens (including phenoxy) is 2. The lowest BCUT2D eigenvalue weighted by Crippen LogP contribution is -2.46. The summed E-state index contributed by atoms with van der Waals surface area (Å²) in [6.45, 7) is 3.11. The summed E-state index contributed by atoms with van der Waals surface area (Å²) >= 11 is 12.1. The standard InChI is InChI=1S/C14H18Cl2N2O2/c15-10-7-11(16)12(17-8-10)9-18-4-2-1-3-13(18)14-19-5-6-20-14/h7-8,13-14H,1-6,9H2/t13-/m1/s1. The number of pyridine rings is 1.